The fraction of sp³-hybridized carbons (Fsp3) is 0.214. The maximum absolute atomic E-state index is 12.8. The Hall–Kier alpha value is -4.06. The Morgan fingerprint density at radius 1 is 0.882 bits per heavy atom. The van der Waals surface area contributed by atoms with Gasteiger partial charge in [0.15, 0.2) is 0 Å². The lowest BCUT2D eigenvalue weighted by Crippen LogP contribution is -2.41. The number of benzene rings is 3. The van der Waals surface area contributed by atoms with Gasteiger partial charge in [0, 0.05) is 30.4 Å². The van der Waals surface area contributed by atoms with Crippen molar-refractivity contribution in [2.45, 2.75) is 18.9 Å². The molecule has 6 nitrogen and oxygen atoms in total. The van der Waals surface area contributed by atoms with E-state index in [2.05, 4.69) is 52.5 Å². The van der Waals surface area contributed by atoms with Crippen LogP contribution < -0.4 is 10.1 Å². The minimum atomic E-state index is -0.0829. The summed E-state index contributed by atoms with van der Waals surface area (Å²) in [6.07, 6.45) is 1.70. The van der Waals surface area contributed by atoms with Crippen molar-refractivity contribution in [3.63, 3.8) is 0 Å². The Morgan fingerprint density at radius 2 is 1.56 bits per heavy atom. The largest absolute Gasteiger partial charge is 0.497 e. The summed E-state index contributed by atoms with van der Waals surface area (Å²) in [4.78, 5) is 14.7. The first-order valence-corrected chi connectivity index (χ1v) is 11.6. The van der Waals surface area contributed by atoms with Crippen LogP contribution in [0.2, 0.25) is 0 Å². The number of nitrogens with one attached hydrogen (secondary N) is 1. The molecule has 1 aromatic heterocycles. The van der Waals surface area contributed by atoms with Crippen LogP contribution in [-0.4, -0.2) is 40.9 Å². The zero-order valence-corrected chi connectivity index (χ0v) is 19.2. The van der Waals surface area contributed by atoms with Crippen LogP contribution in [0.3, 0.4) is 0 Å². The van der Waals surface area contributed by atoms with E-state index in [9.17, 15) is 4.79 Å². The summed E-state index contributed by atoms with van der Waals surface area (Å²) in [7, 11) is 1.62. The first kappa shape index (κ1) is 21.8. The van der Waals surface area contributed by atoms with E-state index < -0.39 is 0 Å². The summed E-state index contributed by atoms with van der Waals surface area (Å²) < 4.78 is 7.41. The smallest absolute Gasteiger partial charge is 0.321 e. The van der Waals surface area contributed by atoms with Crippen molar-refractivity contribution in [1.29, 1.82) is 0 Å². The number of piperidine rings is 1. The first-order chi connectivity index (χ1) is 16.7. The number of rotatable bonds is 5. The molecule has 0 aliphatic carbocycles. The molecule has 0 saturated carbocycles. The Kier molecular flexibility index (Phi) is 6.29. The van der Waals surface area contributed by atoms with E-state index in [0.717, 1.165) is 46.8 Å². The van der Waals surface area contributed by atoms with Crippen molar-refractivity contribution in [3.05, 3.63) is 91.0 Å². The van der Waals surface area contributed by atoms with Gasteiger partial charge in [0.25, 0.3) is 0 Å². The van der Waals surface area contributed by atoms with Gasteiger partial charge in [-0.3, -0.25) is 4.68 Å². The van der Waals surface area contributed by atoms with Gasteiger partial charge in [0.2, 0.25) is 0 Å². The Morgan fingerprint density at radius 3 is 2.24 bits per heavy atom. The summed E-state index contributed by atoms with van der Waals surface area (Å²) in [6.45, 7) is 1.35. The van der Waals surface area contributed by atoms with Crippen molar-refractivity contribution in [2.75, 3.05) is 25.5 Å². The van der Waals surface area contributed by atoms with Crippen LogP contribution in [0.15, 0.2) is 91.0 Å². The molecule has 3 aromatic carbocycles. The molecule has 0 radical (unpaired) electrons. The summed E-state index contributed by atoms with van der Waals surface area (Å²) in [5, 5.41) is 8.01. The third-order valence-electron chi connectivity index (χ3n) is 6.29. The molecule has 172 valence electrons. The lowest BCUT2D eigenvalue weighted by atomic mass is 10.0. The second kappa shape index (κ2) is 9.83. The van der Waals surface area contributed by atoms with Gasteiger partial charge >= 0.3 is 6.03 Å². The molecule has 2 amide bonds. The number of methoxy groups -OCH3 is 1. The average molecular weight is 453 g/mol. The normalized spacial score (nSPS) is 14.1. The highest BCUT2D eigenvalue weighted by Gasteiger charge is 2.27. The number of amides is 2. The van der Waals surface area contributed by atoms with Gasteiger partial charge in [-0.15, -0.1) is 0 Å². The molecule has 34 heavy (non-hydrogen) atoms. The number of carbonyl (C=O) groups is 1. The zero-order valence-electron chi connectivity index (χ0n) is 19.2. The second-order valence-electron chi connectivity index (χ2n) is 8.47. The summed E-state index contributed by atoms with van der Waals surface area (Å²) in [6, 6.07) is 30.4. The highest BCUT2D eigenvalue weighted by molar-refractivity contribution is 5.89. The number of ether oxygens (including phenoxy) is 1. The molecule has 5 rings (SSSR count). The average Bonchev–Trinajstić information content (AvgIpc) is 3.35. The molecule has 1 aliphatic heterocycles. The number of hydrogen-bond donors (Lipinski definition) is 1. The predicted octanol–water partition coefficient (Wildman–Crippen LogP) is 6.09. The molecule has 0 spiro atoms. The zero-order chi connectivity index (χ0) is 23.3. The first-order valence-electron chi connectivity index (χ1n) is 11.6. The standard InChI is InChI=1S/C28H28N4O2/c1-34-25-14-8-13-23(19-25)29-28(33)31-17-15-24(16-18-31)32-27(22-11-6-3-7-12-22)20-26(30-32)21-9-4-2-5-10-21/h2-14,19-20,24H,15-18H2,1H3,(H,29,33). The Balaban J connectivity index is 1.33. The third-order valence-corrected chi connectivity index (χ3v) is 6.29. The molecule has 0 unspecified atom stereocenters. The fourth-order valence-corrected chi connectivity index (χ4v) is 4.46. The van der Waals surface area contributed by atoms with Crippen LogP contribution in [0, 0.1) is 0 Å². The monoisotopic (exact) mass is 452 g/mol. The van der Waals surface area contributed by atoms with Crippen molar-refractivity contribution >= 4 is 11.7 Å². The van der Waals surface area contributed by atoms with Crippen LogP contribution in [0.4, 0.5) is 10.5 Å². The van der Waals surface area contributed by atoms with Crippen LogP contribution >= 0.6 is 0 Å². The summed E-state index contributed by atoms with van der Waals surface area (Å²) in [5.41, 5.74) is 5.07. The number of hydrogen-bond acceptors (Lipinski definition) is 3. The SMILES string of the molecule is COc1cccc(NC(=O)N2CCC(n3nc(-c4ccccc4)cc3-c3ccccc3)CC2)c1. The summed E-state index contributed by atoms with van der Waals surface area (Å²) in [5.74, 6) is 0.720. The van der Waals surface area contributed by atoms with Crippen LogP contribution in [0.1, 0.15) is 18.9 Å². The maximum atomic E-state index is 12.8. The highest BCUT2D eigenvalue weighted by Crippen LogP contribution is 2.32. The molecular formula is C28H28N4O2. The highest BCUT2D eigenvalue weighted by atomic mass is 16.5. The van der Waals surface area contributed by atoms with Crippen molar-refractivity contribution in [1.82, 2.24) is 14.7 Å². The van der Waals surface area contributed by atoms with Crippen molar-refractivity contribution < 1.29 is 9.53 Å². The molecule has 0 atom stereocenters. The second-order valence-corrected chi connectivity index (χ2v) is 8.47. The molecule has 2 heterocycles. The topological polar surface area (TPSA) is 59.4 Å². The van der Waals surface area contributed by atoms with Crippen LogP contribution in [0.5, 0.6) is 5.75 Å². The van der Waals surface area contributed by atoms with Gasteiger partial charge in [-0.05, 0) is 36.6 Å². The van der Waals surface area contributed by atoms with E-state index in [1.165, 1.54) is 0 Å². The van der Waals surface area contributed by atoms with E-state index in [-0.39, 0.29) is 12.1 Å². The fourth-order valence-electron chi connectivity index (χ4n) is 4.46. The molecule has 1 aliphatic rings. The number of anilines is 1. The molecule has 0 bridgehead atoms. The molecular weight excluding hydrogens is 424 g/mol. The van der Waals surface area contributed by atoms with E-state index in [0.29, 0.717) is 13.1 Å². The molecule has 1 fully saturated rings. The lowest BCUT2D eigenvalue weighted by Gasteiger charge is -2.33. The van der Waals surface area contributed by atoms with E-state index >= 15 is 0 Å². The maximum Gasteiger partial charge on any atom is 0.321 e. The van der Waals surface area contributed by atoms with E-state index in [4.69, 9.17) is 9.84 Å². The Bertz CT molecular complexity index is 1250. The lowest BCUT2D eigenvalue weighted by molar-refractivity contribution is 0.181. The third kappa shape index (κ3) is 4.66. The number of aromatic nitrogens is 2. The number of carbonyl (C=O) groups excluding carboxylic acids is 1. The van der Waals surface area contributed by atoms with Crippen LogP contribution in [-0.2, 0) is 0 Å². The van der Waals surface area contributed by atoms with Gasteiger partial charge in [0.1, 0.15) is 5.75 Å². The number of urea groups is 1. The van der Waals surface area contributed by atoms with Gasteiger partial charge in [-0.1, -0.05) is 66.7 Å². The van der Waals surface area contributed by atoms with E-state index in [1.807, 2.05) is 53.4 Å². The van der Waals surface area contributed by atoms with E-state index in [1.54, 1.807) is 7.11 Å². The predicted molar refractivity (Wildman–Crippen MR) is 135 cm³/mol. The van der Waals surface area contributed by atoms with Gasteiger partial charge in [0.05, 0.1) is 24.5 Å². The van der Waals surface area contributed by atoms with Crippen molar-refractivity contribution in [2.24, 2.45) is 0 Å². The number of nitrogens with zero attached hydrogens (tertiary/aromatic N) is 3. The molecule has 1 N–H and O–H groups in total. The molecule has 4 aromatic rings. The summed E-state index contributed by atoms with van der Waals surface area (Å²) >= 11 is 0. The minimum absolute atomic E-state index is 0.0829. The number of likely N-dealkylation sites (tertiary alicyclic amines) is 1. The van der Waals surface area contributed by atoms with Gasteiger partial charge < -0.3 is 15.0 Å². The Labute approximate surface area is 199 Å². The van der Waals surface area contributed by atoms with Gasteiger partial charge in [-0.25, -0.2) is 4.79 Å². The van der Waals surface area contributed by atoms with Crippen LogP contribution in [0.25, 0.3) is 22.5 Å². The molecule has 1 saturated heterocycles. The minimum Gasteiger partial charge on any atom is -0.497 e. The van der Waals surface area contributed by atoms with Crippen molar-refractivity contribution in [3.8, 4) is 28.3 Å². The quantitative estimate of drug-likeness (QED) is 0.398. The molecule has 6 heteroatoms. The van der Waals surface area contributed by atoms with Gasteiger partial charge in [-0.2, -0.15) is 5.10 Å².